The Morgan fingerprint density at radius 3 is 2.45 bits per heavy atom. The summed E-state index contributed by atoms with van der Waals surface area (Å²) in [6.45, 7) is 3.25. The highest BCUT2D eigenvalue weighted by atomic mass is 19.1. The number of guanidine groups is 1. The molecule has 0 saturated carbocycles. The molecule has 0 fully saturated rings. The minimum absolute atomic E-state index is 0.128. The number of rotatable bonds is 9. The number of nitrogens with one attached hydrogen (secondary N) is 3. The van der Waals surface area contributed by atoms with Gasteiger partial charge in [0.05, 0.1) is 13.0 Å². The highest BCUT2D eigenvalue weighted by Gasteiger charge is 2.07. The van der Waals surface area contributed by atoms with Crippen LogP contribution < -0.4 is 20.7 Å². The van der Waals surface area contributed by atoms with Crippen LogP contribution in [0.25, 0.3) is 0 Å². The van der Waals surface area contributed by atoms with Gasteiger partial charge >= 0.3 is 0 Å². The van der Waals surface area contributed by atoms with E-state index in [-0.39, 0.29) is 30.1 Å². The van der Waals surface area contributed by atoms with Crippen molar-refractivity contribution in [3.63, 3.8) is 0 Å². The summed E-state index contributed by atoms with van der Waals surface area (Å²) in [6.07, 6.45) is -0.0341. The summed E-state index contributed by atoms with van der Waals surface area (Å²) >= 11 is 0. The van der Waals surface area contributed by atoms with Gasteiger partial charge in [-0.2, -0.15) is 0 Å². The van der Waals surface area contributed by atoms with E-state index in [0.717, 1.165) is 0 Å². The summed E-state index contributed by atoms with van der Waals surface area (Å²) in [7, 11) is 1.64. The molecular formula is C21H26F2N4O2. The second-order valence-electron chi connectivity index (χ2n) is 6.42. The van der Waals surface area contributed by atoms with Gasteiger partial charge < -0.3 is 20.7 Å². The van der Waals surface area contributed by atoms with Crippen molar-refractivity contribution in [2.24, 2.45) is 4.99 Å². The van der Waals surface area contributed by atoms with Crippen molar-refractivity contribution in [3.05, 3.63) is 65.7 Å². The van der Waals surface area contributed by atoms with Crippen LogP contribution in [0, 0.1) is 11.6 Å². The molecule has 1 atom stereocenters. The van der Waals surface area contributed by atoms with Crippen molar-refractivity contribution in [3.8, 4) is 5.75 Å². The third-order valence-corrected chi connectivity index (χ3v) is 3.92. The summed E-state index contributed by atoms with van der Waals surface area (Å²) < 4.78 is 31.7. The maximum atomic E-state index is 13.1. The van der Waals surface area contributed by atoms with E-state index in [2.05, 4.69) is 20.9 Å². The second kappa shape index (κ2) is 11.6. The molecule has 1 unspecified atom stereocenters. The Kier molecular flexibility index (Phi) is 8.88. The maximum Gasteiger partial charge on any atom is 0.224 e. The average molecular weight is 404 g/mol. The zero-order valence-corrected chi connectivity index (χ0v) is 16.5. The summed E-state index contributed by atoms with van der Waals surface area (Å²) in [5, 5.41) is 8.97. The van der Waals surface area contributed by atoms with E-state index in [1.807, 2.05) is 6.92 Å². The largest absolute Gasteiger partial charge is 0.489 e. The average Bonchev–Trinajstić information content (AvgIpc) is 2.69. The monoisotopic (exact) mass is 404 g/mol. The smallest absolute Gasteiger partial charge is 0.224 e. The normalized spacial score (nSPS) is 12.2. The summed E-state index contributed by atoms with van der Waals surface area (Å²) in [5.74, 6) is 0.311. The van der Waals surface area contributed by atoms with E-state index in [0.29, 0.717) is 36.9 Å². The van der Waals surface area contributed by atoms with E-state index in [9.17, 15) is 13.6 Å². The van der Waals surface area contributed by atoms with Gasteiger partial charge in [-0.3, -0.25) is 9.79 Å². The quantitative estimate of drug-likeness (QED) is 0.341. The van der Waals surface area contributed by atoms with E-state index < -0.39 is 0 Å². The van der Waals surface area contributed by atoms with Crippen LogP contribution in [-0.4, -0.2) is 44.7 Å². The fraction of sp³-hybridized carbons (Fsp3) is 0.333. The Hall–Kier alpha value is -3.16. The third kappa shape index (κ3) is 8.59. The fourth-order valence-electron chi connectivity index (χ4n) is 2.53. The molecule has 0 radical (unpaired) electrons. The van der Waals surface area contributed by atoms with Crippen molar-refractivity contribution in [1.82, 2.24) is 16.0 Å². The van der Waals surface area contributed by atoms with Crippen LogP contribution in [0.1, 0.15) is 12.5 Å². The molecule has 3 N–H and O–H groups in total. The van der Waals surface area contributed by atoms with E-state index >= 15 is 0 Å². The highest BCUT2D eigenvalue weighted by molar-refractivity contribution is 5.80. The summed E-state index contributed by atoms with van der Waals surface area (Å²) in [4.78, 5) is 16.0. The van der Waals surface area contributed by atoms with Gasteiger partial charge in [-0.25, -0.2) is 8.78 Å². The van der Waals surface area contributed by atoms with Crippen LogP contribution in [0.3, 0.4) is 0 Å². The molecular weight excluding hydrogens is 378 g/mol. The molecule has 0 spiro atoms. The van der Waals surface area contributed by atoms with Gasteiger partial charge in [0.25, 0.3) is 0 Å². The lowest BCUT2D eigenvalue weighted by Gasteiger charge is -2.18. The molecule has 29 heavy (non-hydrogen) atoms. The predicted molar refractivity (Wildman–Crippen MR) is 109 cm³/mol. The van der Waals surface area contributed by atoms with Crippen LogP contribution in [0.15, 0.2) is 53.5 Å². The molecule has 2 aromatic rings. The topological polar surface area (TPSA) is 74.8 Å². The predicted octanol–water partition coefficient (Wildman–Crippen LogP) is 2.26. The van der Waals surface area contributed by atoms with Crippen molar-refractivity contribution < 1.29 is 18.3 Å². The van der Waals surface area contributed by atoms with Crippen LogP contribution in [0.5, 0.6) is 5.75 Å². The van der Waals surface area contributed by atoms with E-state index in [1.54, 1.807) is 31.3 Å². The number of hydrogen-bond acceptors (Lipinski definition) is 3. The van der Waals surface area contributed by atoms with Gasteiger partial charge in [0.2, 0.25) is 5.91 Å². The molecule has 1 amide bonds. The zero-order valence-electron chi connectivity index (χ0n) is 16.5. The maximum absolute atomic E-state index is 13.1. The lowest BCUT2D eigenvalue weighted by Crippen LogP contribution is -2.44. The van der Waals surface area contributed by atoms with Gasteiger partial charge in [0.1, 0.15) is 23.5 Å². The van der Waals surface area contributed by atoms with E-state index in [4.69, 9.17) is 4.74 Å². The number of ether oxygens (including phenoxy) is 1. The van der Waals surface area contributed by atoms with Gasteiger partial charge in [-0.05, 0) is 48.9 Å². The van der Waals surface area contributed by atoms with Gasteiger partial charge in [-0.15, -0.1) is 0 Å². The van der Waals surface area contributed by atoms with Crippen LogP contribution in [0.4, 0.5) is 8.78 Å². The molecule has 156 valence electrons. The number of nitrogens with zero attached hydrogens (tertiary/aromatic N) is 1. The number of aliphatic imine (C=N–C) groups is 1. The Morgan fingerprint density at radius 1 is 1.03 bits per heavy atom. The third-order valence-electron chi connectivity index (χ3n) is 3.92. The molecule has 2 aromatic carbocycles. The standard InChI is InChI=1S/C21H26F2N4O2/c1-15(29-19-8-6-17(22)7-9-19)14-27-21(24-2)26-11-10-25-20(28)13-16-4-3-5-18(23)12-16/h3-9,12,15H,10-11,13-14H2,1-2H3,(H,25,28)(H2,24,26,27). The number of carbonyl (C=O) groups excluding carboxylic acids is 1. The van der Waals surface area contributed by atoms with Gasteiger partial charge in [0.15, 0.2) is 5.96 Å². The number of carbonyl (C=O) groups is 1. The van der Waals surface area contributed by atoms with Gasteiger partial charge in [-0.1, -0.05) is 12.1 Å². The number of hydrogen-bond donors (Lipinski definition) is 3. The number of halogens is 2. The first-order valence-corrected chi connectivity index (χ1v) is 9.34. The van der Waals surface area contributed by atoms with Crippen LogP contribution in [0.2, 0.25) is 0 Å². The van der Waals surface area contributed by atoms with Crippen molar-refractivity contribution >= 4 is 11.9 Å². The Balaban J connectivity index is 1.63. The first-order chi connectivity index (χ1) is 14.0. The van der Waals surface area contributed by atoms with Gasteiger partial charge in [0, 0.05) is 20.1 Å². The molecule has 2 rings (SSSR count). The minimum Gasteiger partial charge on any atom is -0.489 e. The van der Waals surface area contributed by atoms with Crippen molar-refractivity contribution in [1.29, 1.82) is 0 Å². The Bertz CT molecular complexity index is 813. The molecule has 0 aliphatic rings. The Morgan fingerprint density at radius 2 is 1.76 bits per heavy atom. The molecule has 0 aliphatic heterocycles. The first kappa shape index (κ1) is 22.1. The lowest BCUT2D eigenvalue weighted by molar-refractivity contribution is -0.120. The zero-order chi connectivity index (χ0) is 21.1. The van der Waals surface area contributed by atoms with Crippen molar-refractivity contribution in [2.75, 3.05) is 26.7 Å². The molecule has 0 aliphatic carbocycles. The highest BCUT2D eigenvalue weighted by Crippen LogP contribution is 2.12. The van der Waals surface area contributed by atoms with Crippen molar-refractivity contribution in [2.45, 2.75) is 19.4 Å². The molecule has 6 nitrogen and oxygen atoms in total. The molecule has 0 saturated heterocycles. The Labute approximate surface area is 169 Å². The lowest BCUT2D eigenvalue weighted by atomic mass is 10.1. The summed E-state index contributed by atoms with van der Waals surface area (Å²) in [5.41, 5.74) is 0.628. The van der Waals surface area contributed by atoms with Crippen LogP contribution in [-0.2, 0) is 11.2 Å². The van der Waals surface area contributed by atoms with Crippen LogP contribution >= 0.6 is 0 Å². The SMILES string of the molecule is CN=C(NCCNC(=O)Cc1cccc(F)c1)NCC(C)Oc1ccc(F)cc1. The van der Waals surface area contributed by atoms with E-state index in [1.165, 1.54) is 24.3 Å². The fourth-order valence-corrected chi connectivity index (χ4v) is 2.53. The molecule has 8 heteroatoms. The number of amides is 1. The second-order valence-corrected chi connectivity index (χ2v) is 6.42. The first-order valence-electron chi connectivity index (χ1n) is 9.34. The molecule has 0 heterocycles. The number of benzene rings is 2. The molecule has 0 bridgehead atoms. The minimum atomic E-state index is -0.357. The summed E-state index contributed by atoms with van der Waals surface area (Å²) in [6, 6.07) is 11.8. The molecule has 0 aromatic heterocycles.